The van der Waals surface area contributed by atoms with Crippen LogP contribution in [-0.4, -0.2) is 30.5 Å². The molecule has 0 spiro atoms. The molecule has 1 saturated carbocycles. The van der Waals surface area contributed by atoms with Crippen molar-refractivity contribution in [1.82, 2.24) is 0 Å². The molecule has 0 bridgehead atoms. The molecule has 1 saturated heterocycles. The van der Waals surface area contributed by atoms with E-state index < -0.39 is 5.60 Å². The highest BCUT2D eigenvalue weighted by Crippen LogP contribution is 2.52. The average Bonchev–Trinajstić information content (AvgIpc) is 2.73. The van der Waals surface area contributed by atoms with E-state index in [1.165, 1.54) is 0 Å². The molecule has 2 unspecified atom stereocenters. The minimum Gasteiger partial charge on any atom is -0.389 e. The van der Waals surface area contributed by atoms with Gasteiger partial charge in [0.1, 0.15) is 0 Å². The summed E-state index contributed by atoms with van der Waals surface area (Å²) in [5.41, 5.74) is 5.40. The van der Waals surface area contributed by atoms with Crippen LogP contribution in [0.25, 0.3) is 0 Å². The normalized spacial score (nSPS) is 38.8. The number of nitrogens with two attached hydrogens (primary N) is 1. The van der Waals surface area contributed by atoms with Crippen molar-refractivity contribution < 1.29 is 9.84 Å². The zero-order valence-corrected chi connectivity index (χ0v) is 10.4. The third-order valence-corrected chi connectivity index (χ3v) is 5.04. The summed E-state index contributed by atoms with van der Waals surface area (Å²) in [5, 5.41) is 11.1. The summed E-state index contributed by atoms with van der Waals surface area (Å²) in [7, 11) is 0. The van der Waals surface area contributed by atoms with Crippen molar-refractivity contribution in [1.29, 1.82) is 0 Å². The summed E-state index contributed by atoms with van der Waals surface area (Å²) < 4.78 is 5.43. The standard InChI is InChI=1S/C13H25NO2/c1-2-11-4-3-5-13(11,15)12(10-14)6-8-16-9-7-12/h11,15H,2-10,14H2,1H3. The molecule has 1 aliphatic heterocycles. The zero-order chi connectivity index (χ0) is 11.6. The van der Waals surface area contributed by atoms with Gasteiger partial charge in [0.05, 0.1) is 5.60 Å². The van der Waals surface area contributed by atoms with Gasteiger partial charge in [0.2, 0.25) is 0 Å². The Balaban J connectivity index is 2.24. The van der Waals surface area contributed by atoms with E-state index in [4.69, 9.17) is 10.5 Å². The summed E-state index contributed by atoms with van der Waals surface area (Å²) in [6.07, 6.45) is 6.17. The molecule has 3 N–H and O–H groups in total. The fraction of sp³-hybridized carbons (Fsp3) is 1.00. The number of rotatable bonds is 3. The zero-order valence-electron chi connectivity index (χ0n) is 10.4. The van der Waals surface area contributed by atoms with E-state index in [0.29, 0.717) is 12.5 Å². The van der Waals surface area contributed by atoms with Crippen molar-refractivity contribution >= 4 is 0 Å². The summed E-state index contributed by atoms with van der Waals surface area (Å²) in [5.74, 6) is 0.439. The largest absolute Gasteiger partial charge is 0.389 e. The molecule has 0 aromatic heterocycles. The molecule has 2 atom stereocenters. The molecule has 1 heterocycles. The van der Waals surface area contributed by atoms with Gasteiger partial charge in [0.25, 0.3) is 0 Å². The third-order valence-electron chi connectivity index (χ3n) is 5.04. The molecule has 3 heteroatoms. The molecular formula is C13H25NO2. The smallest absolute Gasteiger partial charge is 0.0745 e. The molecule has 1 aliphatic carbocycles. The monoisotopic (exact) mass is 227 g/mol. The minimum absolute atomic E-state index is 0.0809. The van der Waals surface area contributed by atoms with Crippen molar-refractivity contribution in [3.05, 3.63) is 0 Å². The highest BCUT2D eigenvalue weighted by atomic mass is 16.5. The van der Waals surface area contributed by atoms with Crippen LogP contribution in [0.5, 0.6) is 0 Å². The van der Waals surface area contributed by atoms with Gasteiger partial charge in [0.15, 0.2) is 0 Å². The van der Waals surface area contributed by atoms with Gasteiger partial charge >= 0.3 is 0 Å². The first-order valence-corrected chi connectivity index (χ1v) is 6.69. The van der Waals surface area contributed by atoms with Crippen molar-refractivity contribution in [2.75, 3.05) is 19.8 Å². The Morgan fingerprint density at radius 1 is 1.31 bits per heavy atom. The minimum atomic E-state index is -0.527. The lowest BCUT2D eigenvalue weighted by molar-refractivity contribution is -0.149. The van der Waals surface area contributed by atoms with Gasteiger partial charge in [-0.2, -0.15) is 0 Å². The van der Waals surface area contributed by atoms with E-state index in [0.717, 1.165) is 51.7 Å². The maximum atomic E-state index is 11.1. The van der Waals surface area contributed by atoms with E-state index in [9.17, 15) is 5.11 Å². The van der Waals surface area contributed by atoms with Crippen LogP contribution in [0.1, 0.15) is 45.4 Å². The Morgan fingerprint density at radius 3 is 2.56 bits per heavy atom. The van der Waals surface area contributed by atoms with Gasteiger partial charge in [-0.15, -0.1) is 0 Å². The van der Waals surface area contributed by atoms with Gasteiger partial charge in [-0.3, -0.25) is 0 Å². The van der Waals surface area contributed by atoms with Crippen LogP contribution in [0, 0.1) is 11.3 Å². The Bertz CT molecular complexity index is 238. The predicted molar refractivity (Wildman–Crippen MR) is 64.1 cm³/mol. The van der Waals surface area contributed by atoms with Gasteiger partial charge in [0, 0.05) is 25.2 Å². The van der Waals surface area contributed by atoms with Crippen molar-refractivity contribution in [3.8, 4) is 0 Å². The molecule has 0 aromatic rings. The molecule has 16 heavy (non-hydrogen) atoms. The van der Waals surface area contributed by atoms with Crippen LogP contribution in [-0.2, 0) is 4.74 Å². The lowest BCUT2D eigenvalue weighted by atomic mass is 9.62. The second-order valence-corrected chi connectivity index (χ2v) is 5.52. The first-order chi connectivity index (χ1) is 7.68. The van der Waals surface area contributed by atoms with Gasteiger partial charge in [-0.25, -0.2) is 0 Å². The maximum Gasteiger partial charge on any atom is 0.0745 e. The first-order valence-electron chi connectivity index (χ1n) is 6.69. The lowest BCUT2D eigenvalue weighted by Gasteiger charge is -2.50. The van der Waals surface area contributed by atoms with Crippen molar-refractivity contribution in [2.24, 2.45) is 17.1 Å². The molecule has 0 amide bonds. The summed E-state index contributed by atoms with van der Waals surface area (Å²) in [6.45, 7) is 4.31. The summed E-state index contributed by atoms with van der Waals surface area (Å²) >= 11 is 0. The number of hydrogen-bond acceptors (Lipinski definition) is 3. The quantitative estimate of drug-likeness (QED) is 0.771. The average molecular weight is 227 g/mol. The van der Waals surface area contributed by atoms with Crippen LogP contribution in [0.2, 0.25) is 0 Å². The van der Waals surface area contributed by atoms with Crippen LogP contribution in [0.3, 0.4) is 0 Å². The van der Waals surface area contributed by atoms with E-state index in [1.807, 2.05) is 0 Å². The second kappa shape index (κ2) is 4.63. The van der Waals surface area contributed by atoms with Crippen LogP contribution >= 0.6 is 0 Å². The molecular weight excluding hydrogens is 202 g/mol. The van der Waals surface area contributed by atoms with E-state index in [1.54, 1.807) is 0 Å². The van der Waals surface area contributed by atoms with Crippen LogP contribution in [0.15, 0.2) is 0 Å². The Kier molecular flexibility index (Phi) is 3.57. The van der Waals surface area contributed by atoms with E-state index in [-0.39, 0.29) is 5.41 Å². The summed E-state index contributed by atoms with van der Waals surface area (Å²) in [4.78, 5) is 0. The van der Waals surface area contributed by atoms with Crippen molar-refractivity contribution in [3.63, 3.8) is 0 Å². The second-order valence-electron chi connectivity index (χ2n) is 5.52. The van der Waals surface area contributed by atoms with Crippen molar-refractivity contribution in [2.45, 2.75) is 51.0 Å². The molecule has 2 rings (SSSR count). The molecule has 2 aliphatic rings. The highest BCUT2D eigenvalue weighted by molar-refractivity contribution is 5.06. The first kappa shape index (κ1) is 12.3. The van der Waals surface area contributed by atoms with Gasteiger partial charge in [-0.05, 0) is 31.6 Å². The predicted octanol–water partition coefficient (Wildman–Crippen LogP) is 1.68. The third kappa shape index (κ3) is 1.69. The van der Waals surface area contributed by atoms with E-state index >= 15 is 0 Å². The Labute approximate surface area is 98.4 Å². The summed E-state index contributed by atoms with van der Waals surface area (Å²) in [6, 6.07) is 0. The molecule has 94 valence electrons. The Hall–Kier alpha value is -0.120. The maximum absolute atomic E-state index is 11.1. The fourth-order valence-electron chi connectivity index (χ4n) is 3.88. The van der Waals surface area contributed by atoms with Crippen LogP contribution in [0.4, 0.5) is 0 Å². The number of hydrogen-bond donors (Lipinski definition) is 2. The molecule has 2 fully saturated rings. The lowest BCUT2D eigenvalue weighted by Crippen LogP contribution is -2.57. The molecule has 0 radical (unpaired) electrons. The Morgan fingerprint density at radius 2 is 2.00 bits per heavy atom. The van der Waals surface area contributed by atoms with E-state index in [2.05, 4.69) is 6.92 Å². The highest BCUT2D eigenvalue weighted by Gasteiger charge is 2.55. The number of ether oxygens (including phenoxy) is 1. The SMILES string of the molecule is CCC1CCCC1(O)C1(CN)CCOCC1. The number of aliphatic hydroxyl groups is 1. The van der Waals surface area contributed by atoms with Crippen LogP contribution < -0.4 is 5.73 Å². The molecule has 3 nitrogen and oxygen atoms in total. The fourth-order valence-corrected chi connectivity index (χ4v) is 3.88. The van der Waals surface area contributed by atoms with Gasteiger partial charge in [-0.1, -0.05) is 19.8 Å². The van der Waals surface area contributed by atoms with Gasteiger partial charge < -0.3 is 15.6 Å². The molecule has 0 aromatic carbocycles. The topological polar surface area (TPSA) is 55.5 Å².